The van der Waals surface area contributed by atoms with Gasteiger partial charge in [-0.15, -0.1) is 0 Å². The minimum absolute atomic E-state index is 0.0856. The van der Waals surface area contributed by atoms with Crippen LogP contribution < -0.4 is 0 Å². The maximum atomic E-state index is 11.3. The molecule has 4 nitrogen and oxygen atoms in total. The highest BCUT2D eigenvalue weighted by Crippen LogP contribution is 2.02. The third kappa shape index (κ3) is 9.69. The van der Waals surface area contributed by atoms with Crippen LogP contribution in [0.2, 0.25) is 0 Å². The Morgan fingerprint density at radius 3 is 2.27 bits per heavy atom. The molecule has 0 aliphatic heterocycles. The number of carbonyl (C=O) groups is 1. The van der Waals surface area contributed by atoms with E-state index in [0.717, 1.165) is 0 Å². The van der Waals surface area contributed by atoms with Crippen molar-refractivity contribution in [1.82, 2.24) is 0 Å². The Balaban J connectivity index is 3.77. The Morgan fingerprint density at radius 2 is 1.87 bits per heavy atom. The molecule has 0 aromatic carbocycles. The van der Waals surface area contributed by atoms with Gasteiger partial charge in [-0.3, -0.25) is 4.79 Å². The van der Waals surface area contributed by atoms with Gasteiger partial charge in [0, 0.05) is 0 Å². The molecule has 15 heavy (non-hydrogen) atoms. The summed E-state index contributed by atoms with van der Waals surface area (Å²) in [5.41, 5.74) is 0. The summed E-state index contributed by atoms with van der Waals surface area (Å²) in [7, 11) is 5.92. The summed E-state index contributed by atoms with van der Waals surface area (Å²) >= 11 is 0. The molecule has 0 aromatic heterocycles. The summed E-state index contributed by atoms with van der Waals surface area (Å²) in [6, 6.07) is 0. The van der Waals surface area contributed by atoms with Crippen molar-refractivity contribution < 1.29 is 19.1 Å². The van der Waals surface area contributed by atoms with Crippen LogP contribution in [0.3, 0.4) is 0 Å². The largest absolute Gasteiger partial charge is 0.465 e. The average molecular weight is 218 g/mol. The second-order valence-electron chi connectivity index (χ2n) is 5.41. The van der Waals surface area contributed by atoms with Crippen LogP contribution in [-0.2, 0) is 9.53 Å². The van der Waals surface area contributed by atoms with Gasteiger partial charge in [-0.25, -0.2) is 0 Å². The minimum Gasteiger partial charge on any atom is -0.465 e. The van der Waals surface area contributed by atoms with Crippen LogP contribution >= 0.6 is 0 Å². The fraction of sp³-hybridized carbons (Fsp3) is 0.909. The summed E-state index contributed by atoms with van der Waals surface area (Å²) in [6.45, 7) is 4.94. The van der Waals surface area contributed by atoms with Crippen LogP contribution in [0.1, 0.15) is 20.3 Å². The molecule has 0 rings (SSSR count). The van der Waals surface area contributed by atoms with Gasteiger partial charge in [0.25, 0.3) is 0 Å². The molecular formula is C11H24NO3+. The van der Waals surface area contributed by atoms with Crippen LogP contribution in [0.25, 0.3) is 0 Å². The normalized spacial score (nSPS) is 14.1. The molecule has 0 saturated carbocycles. The van der Waals surface area contributed by atoms with Gasteiger partial charge < -0.3 is 14.3 Å². The number of rotatable bonds is 6. The second-order valence-corrected chi connectivity index (χ2v) is 5.41. The van der Waals surface area contributed by atoms with E-state index >= 15 is 0 Å². The number of aliphatic hydroxyl groups is 1. The average Bonchev–Trinajstić information content (AvgIpc) is 1.96. The summed E-state index contributed by atoms with van der Waals surface area (Å²) in [5, 5.41) is 9.60. The Hall–Kier alpha value is -0.610. The molecular weight excluding hydrogens is 194 g/mol. The number of esters is 1. The van der Waals surface area contributed by atoms with Crippen molar-refractivity contribution in [3.8, 4) is 0 Å². The van der Waals surface area contributed by atoms with Crippen molar-refractivity contribution in [2.24, 2.45) is 5.92 Å². The van der Waals surface area contributed by atoms with Gasteiger partial charge in [0.1, 0.15) is 12.6 Å². The predicted molar refractivity (Wildman–Crippen MR) is 59.3 cm³/mol. The molecule has 0 radical (unpaired) electrons. The van der Waals surface area contributed by atoms with E-state index in [1.165, 1.54) is 0 Å². The molecule has 4 heteroatoms. The first-order valence-corrected chi connectivity index (χ1v) is 5.35. The molecule has 0 heterocycles. The van der Waals surface area contributed by atoms with Crippen molar-refractivity contribution in [2.75, 3.05) is 34.3 Å². The topological polar surface area (TPSA) is 46.5 Å². The van der Waals surface area contributed by atoms with Crippen molar-refractivity contribution in [1.29, 1.82) is 0 Å². The number of ether oxygens (including phenoxy) is 1. The number of hydrogen-bond acceptors (Lipinski definition) is 3. The van der Waals surface area contributed by atoms with Crippen LogP contribution in [0.15, 0.2) is 0 Å². The lowest BCUT2D eigenvalue weighted by Gasteiger charge is -2.26. The van der Waals surface area contributed by atoms with Crippen molar-refractivity contribution in [3.05, 3.63) is 0 Å². The molecule has 0 amide bonds. The molecule has 1 atom stereocenters. The second kappa shape index (κ2) is 6.08. The molecule has 0 spiro atoms. The maximum Gasteiger partial charge on any atom is 0.308 e. The van der Waals surface area contributed by atoms with Crippen molar-refractivity contribution in [2.45, 2.75) is 26.4 Å². The Kier molecular flexibility index (Phi) is 5.83. The minimum atomic E-state index is -0.621. The third-order valence-corrected chi connectivity index (χ3v) is 1.74. The molecule has 90 valence electrons. The van der Waals surface area contributed by atoms with Gasteiger partial charge >= 0.3 is 5.97 Å². The lowest BCUT2D eigenvalue weighted by atomic mass is 10.2. The van der Waals surface area contributed by atoms with Gasteiger partial charge in [0.2, 0.25) is 0 Å². The first kappa shape index (κ1) is 14.4. The quantitative estimate of drug-likeness (QED) is 0.526. The molecule has 0 fully saturated rings. The number of likely N-dealkylation sites (N-methyl/N-ethyl adjacent to an activating group) is 1. The van der Waals surface area contributed by atoms with E-state index in [9.17, 15) is 9.90 Å². The number of carbonyl (C=O) groups excluding carboxylic acids is 1. The Bertz CT molecular complexity index is 196. The van der Waals surface area contributed by atoms with Gasteiger partial charge in [-0.05, 0) is 5.92 Å². The van der Waals surface area contributed by atoms with E-state index in [1.54, 1.807) is 0 Å². The predicted octanol–water partition coefficient (Wildman–Crippen LogP) is 0.643. The summed E-state index contributed by atoms with van der Waals surface area (Å²) < 4.78 is 5.62. The SMILES string of the molecule is CC(C)COC(=O)CC(O)C[N+](C)(C)C. The van der Waals surface area contributed by atoms with Gasteiger partial charge in [0.05, 0.1) is 34.2 Å². The molecule has 0 aliphatic carbocycles. The van der Waals surface area contributed by atoms with Crippen molar-refractivity contribution in [3.63, 3.8) is 0 Å². The molecule has 1 unspecified atom stereocenters. The molecule has 0 aromatic rings. The Labute approximate surface area is 92.4 Å². The molecule has 1 N–H and O–H groups in total. The summed E-state index contributed by atoms with van der Waals surface area (Å²) in [4.78, 5) is 11.3. The molecule has 0 saturated heterocycles. The number of nitrogens with zero attached hydrogens (tertiary/aromatic N) is 1. The number of hydrogen-bond donors (Lipinski definition) is 1. The smallest absolute Gasteiger partial charge is 0.308 e. The van der Waals surface area contributed by atoms with Gasteiger partial charge in [-0.2, -0.15) is 0 Å². The maximum absolute atomic E-state index is 11.3. The zero-order chi connectivity index (χ0) is 12.1. The Morgan fingerprint density at radius 1 is 1.33 bits per heavy atom. The fourth-order valence-electron chi connectivity index (χ4n) is 1.21. The zero-order valence-electron chi connectivity index (χ0n) is 10.5. The monoisotopic (exact) mass is 218 g/mol. The lowest BCUT2D eigenvalue weighted by molar-refractivity contribution is -0.873. The highest BCUT2D eigenvalue weighted by atomic mass is 16.5. The van der Waals surface area contributed by atoms with E-state index in [1.807, 2.05) is 35.0 Å². The summed E-state index contributed by atoms with van der Waals surface area (Å²) in [5.74, 6) is 0.0224. The third-order valence-electron chi connectivity index (χ3n) is 1.74. The first-order chi connectivity index (χ1) is 6.70. The molecule has 0 aliphatic rings. The summed E-state index contributed by atoms with van der Waals surface area (Å²) in [6.07, 6.45) is -0.535. The van der Waals surface area contributed by atoms with Gasteiger partial charge in [0.15, 0.2) is 0 Å². The number of quaternary nitrogens is 1. The lowest BCUT2D eigenvalue weighted by Crippen LogP contribution is -2.42. The molecule has 0 bridgehead atoms. The van der Waals surface area contributed by atoms with E-state index in [-0.39, 0.29) is 12.4 Å². The van der Waals surface area contributed by atoms with E-state index in [4.69, 9.17) is 4.74 Å². The highest BCUT2D eigenvalue weighted by Gasteiger charge is 2.19. The zero-order valence-corrected chi connectivity index (χ0v) is 10.5. The van der Waals surface area contributed by atoms with E-state index in [2.05, 4.69) is 0 Å². The standard InChI is InChI=1S/C11H24NO3/c1-9(2)8-15-11(14)6-10(13)7-12(3,4)5/h9-10,13H,6-8H2,1-5H3/q+1. The van der Waals surface area contributed by atoms with Crippen LogP contribution in [-0.4, -0.2) is 56.0 Å². The number of aliphatic hydroxyl groups excluding tert-OH is 1. The van der Waals surface area contributed by atoms with Crippen LogP contribution in [0.4, 0.5) is 0 Å². The van der Waals surface area contributed by atoms with Crippen molar-refractivity contribution >= 4 is 5.97 Å². The highest BCUT2D eigenvalue weighted by molar-refractivity contribution is 5.69. The van der Waals surface area contributed by atoms with E-state index in [0.29, 0.717) is 23.6 Å². The first-order valence-electron chi connectivity index (χ1n) is 5.35. The van der Waals surface area contributed by atoms with E-state index < -0.39 is 6.10 Å². The fourth-order valence-corrected chi connectivity index (χ4v) is 1.21. The van der Waals surface area contributed by atoms with Crippen LogP contribution in [0, 0.1) is 5.92 Å². The van der Waals surface area contributed by atoms with Gasteiger partial charge in [-0.1, -0.05) is 13.8 Å². The van der Waals surface area contributed by atoms with Crippen LogP contribution in [0.5, 0.6) is 0 Å².